The molecule has 0 saturated carbocycles. The molecular weight excluding hydrogens is 889 g/mol. The number of benzene rings is 3. The van der Waals surface area contributed by atoms with Crippen molar-refractivity contribution in [2.24, 2.45) is 33.4 Å². The molecule has 388 valence electrons. The Labute approximate surface area is 424 Å². The molecule has 3 aromatic rings. The van der Waals surface area contributed by atoms with Crippen LogP contribution in [0.4, 0.5) is 0 Å². The molecule has 2 unspecified atom stereocenters. The number of nitrogens with one attached hydrogen (secondary N) is 3. The summed E-state index contributed by atoms with van der Waals surface area (Å²) >= 11 is 0. The average molecular weight is 975 g/mol. The molecule has 6 rings (SSSR count). The van der Waals surface area contributed by atoms with Gasteiger partial charge >= 0.3 is 0 Å². The van der Waals surface area contributed by atoms with Gasteiger partial charge in [0.1, 0.15) is 0 Å². The van der Waals surface area contributed by atoms with Crippen LogP contribution in [0.2, 0.25) is 0 Å². The first-order chi connectivity index (χ1) is 33.4. The van der Waals surface area contributed by atoms with Crippen LogP contribution in [0.1, 0.15) is 252 Å². The Morgan fingerprint density at radius 3 is 1.04 bits per heavy atom. The monoisotopic (exact) mass is 975 g/mol. The standard InChI is InChI=1S/C59H86N6O6/c1-57(2,3)54(69)63-32-22-16-10-13-19-25-39-40(26-20-14-11-17-23-33-64-55(70)58(4,5)6)49-46-41-30-28-38(52(61)67)36-45(41)47(42-31-29-37(51(60)66)35-44(42)46)50(49)43(48(39)53(62)68)27-21-15-12-18-24-34-65-56(71)59(7,8)9/h28-31,35-36,46-47H,10-27,32-34H2,1-9H3,(H2,60,66)(H2,61,67)(H2,62,68)(H,63,69)(H,64,70)(H,65,71). The number of amides is 6. The third-order valence-electron chi connectivity index (χ3n) is 14.4. The molecule has 2 atom stereocenters. The SMILES string of the molecule is CC(C)(C)C(=O)NCCCCCCCc1c(CCCCCCCNC(=O)C(C)(C)C)c2c(c(CCCCCCCNC(=O)C(C)(C)C)c1C(N)=O)C1c3ccc(C(N)=O)cc3C2c2ccc(C(N)=O)cc21. The van der Waals surface area contributed by atoms with Crippen molar-refractivity contribution in [1.82, 2.24) is 16.0 Å². The van der Waals surface area contributed by atoms with E-state index >= 15 is 0 Å². The van der Waals surface area contributed by atoms with Crippen molar-refractivity contribution < 1.29 is 28.8 Å². The number of unbranched alkanes of at least 4 members (excludes halogenated alkanes) is 12. The molecule has 0 heterocycles. The molecule has 2 bridgehead atoms. The number of carbonyl (C=O) groups excluding carboxylic acids is 6. The molecule has 9 N–H and O–H groups in total. The minimum absolute atomic E-state index is 0.0479. The fraction of sp³-hybridized carbons (Fsp3) is 0.593. The van der Waals surface area contributed by atoms with Gasteiger partial charge in [0.05, 0.1) is 0 Å². The van der Waals surface area contributed by atoms with Gasteiger partial charge in [0.2, 0.25) is 35.4 Å². The maximum Gasteiger partial charge on any atom is 0.249 e. The second kappa shape index (κ2) is 24.7. The summed E-state index contributed by atoms with van der Waals surface area (Å²) < 4.78 is 0. The van der Waals surface area contributed by atoms with E-state index in [4.69, 9.17) is 17.2 Å². The minimum Gasteiger partial charge on any atom is -0.366 e. The molecule has 0 radical (unpaired) electrons. The van der Waals surface area contributed by atoms with Crippen molar-refractivity contribution in [3.63, 3.8) is 0 Å². The largest absolute Gasteiger partial charge is 0.366 e. The number of carbonyl (C=O) groups is 6. The molecule has 0 saturated heterocycles. The number of nitrogens with two attached hydrogens (primary N) is 3. The van der Waals surface area contributed by atoms with E-state index in [1.54, 1.807) is 12.1 Å². The highest BCUT2D eigenvalue weighted by Gasteiger charge is 2.46. The number of primary amides is 3. The van der Waals surface area contributed by atoms with Gasteiger partial charge in [-0.3, -0.25) is 28.8 Å². The van der Waals surface area contributed by atoms with Crippen molar-refractivity contribution in [2.45, 2.75) is 190 Å². The minimum atomic E-state index is -0.517. The normalized spacial score (nSPS) is 14.8. The molecule has 71 heavy (non-hydrogen) atoms. The smallest absolute Gasteiger partial charge is 0.249 e. The van der Waals surface area contributed by atoms with E-state index in [0.29, 0.717) is 49.2 Å². The van der Waals surface area contributed by atoms with E-state index < -0.39 is 34.0 Å². The third-order valence-corrected chi connectivity index (χ3v) is 14.4. The Morgan fingerprint density at radius 2 is 0.704 bits per heavy atom. The van der Waals surface area contributed by atoms with Crippen molar-refractivity contribution in [2.75, 3.05) is 19.6 Å². The third kappa shape index (κ3) is 14.6. The van der Waals surface area contributed by atoms with Crippen molar-refractivity contribution in [3.8, 4) is 0 Å². The van der Waals surface area contributed by atoms with Gasteiger partial charge in [0, 0.05) is 64.4 Å². The van der Waals surface area contributed by atoms with Crippen LogP contribution in [0.3, 0.4) is 0 Å². The molecule has 3 aliphatic carbocycles. The molecule has 0 spiro atoms. The Morgan fingerprint density at radius 1 is 0.394 bits per heavy atom. The van der Waals surface area contributed by atoms with Crippen LogP contribution < -0.4 is 33.2 Å². The number of hydrogen-bond acceptors (Lipinski definition) is 6. The van der Waals surface area contributed by atoms with Gasteiger partial charge in [-0.25, -0.2) is 0 Å². The summed E-state index contributed by atoms with van der Waals surface area (Å²) in [6.07, 6.45) is 16.1. The zero-order valence-electron chi connectivity index (χ0n) is 44.6. The quantitative estimate of drug-likeness (QED) is 0.0281. The first-order valence-electron chi connectivity index (χ1n) is 26.7. The van der Waals surface area contributed by atoms with Crippen molar-refractivity contribution in [3.05, 3.63) is 103 Å². The molecule has 0 fully saturated rings. The van der Waals surface area contributed by atoms with Crippen LogP contribution >= 0.6 is 0 Å². The zero-order valence-corrected chi connectivity index (χ0v) is 44.6. The maximum absolute atomic E-state index is 14.3. The Bertz CT molecular complexity index is 2420. The van der Waals surface area contributed by atoms with Crippen LogP contribution in [-0.4, -0.2) is 55.1 Å². The van der Waals surface area contributed by atoms with Crippen LogP contribution in [0, 0.1) is 16.2 Å². The highest BCUT2D eigenvalue weighted by molar-refractivity contribution is 5.99. The van der Waals surface area contributed by atoms with Gasteiger partial charge in [-0.15, -0.1) is 0 Å². The Balaban J connectivity index is 1.53. The zero-order chi connectivity index (χ0) is 52.3. The Kier molecular flexibility index (Phi) is 19.7. The van der Waals surface area contributed by atoms with Crippen LogP contribution in [0.5, 0.6) is 0 Å². The summed E-state index contributed by atoms with van der Waals surface area (Å²) in [5.74, 6) is -1.92. The van der Waals surface area contributed by atoms with Gasteiger partial charge in [-0.1, -0.05) is 132 Å². The van der Waals surface area contributed by atoms with E-state index in [1.807, 2.05) is 86.6 Å². The second-order valence-corrected chi connectivity index (χ2v) is 23.4. The van der Waals surface area contributed by atoms with Crippen LogP contribution in [0.25, 0.3) is 0 Å². The lowest BCUT2D eigenvalue weighted by atomic mass is 9.57. The summed E-state index contributed by atoms with van der Waals surface area (Å²) in [6, 6.07) is 11.5. The first kappa shape index (κ1) is 56.4. The molecule has 0 aromatic heterocycles. The van der Waals surface area contributed by atoms with E-state index in [9.17, 15) is 28.8 Å². The summed E-state index contributed by atoms with van der Waals surface area (Å²) in [5, 5.41) is 9.20. The lowest BCUT2D eigenvalue weighted by Gasteiger charge is -2.46. The van der Waals surface area contributed by atoms with E-state index in [2.05, 4.69) is 16.0 Å². The summed E-state index contributed by atoms with van der Waals surface area (Å²) in [6.45, 7) is 19.2. The van der Waals surface area contributed by atoms with Crippen LogP contribution in [0.15, 0.2) is 36.4 Å². The van der Waals surface area contributed by atoms with Gasteiger partial charge in [-0.2, -0.15) is 0 Å². The fourth-order valence-electron chi connectivity index (χ4n) is 10.4. The molecule has 3 aliphatic rings. The highest BCUT2D eigenvalue weighted by atomic mass is 16.2. The Hall–Kier alpha value is -5.52. The molecular formula is C59H86N6O6. The van der Waals surface area contributed by atoms with E-state index in [0.717, 1.165) is 147 Å². The molecule has 12 nitrogen and oxygen atoms in total. The molecule has 3 aromatic carbocycles. The number of rotatable bonds is 27. The van der Waals surface area contributed by atoms with Gasteiger partial charge in [-0.05, 0) is 132 Å². The first-order valence-corrected chi connectivity index (χ1v) is 26.7. The van der Waals surface area contributed by atoms with Crippen molar-refractivity contribution in [1.29, 1.82) is 0 Å². The predicted octanol–water partition coefficient (Wildman–Crippen LogP) is 9.94. The van der Waals surface area contributed by atoms with E-state index in [-0.39, 0.29) is 29.6 Å². The maximum atomic E-state index is 14.3. The lowest BCUT2D eigenvalue weighted by Crippen LogP contribution is -2.35. The predicted molar refractivity (Wildman–Crippen MR) is 285 cm³/mol. The summed E-state index contributed by atoms with van der Waals surface area (Å²) in [7, 11) is 0. The molecule has 12 heteroatoms. The second-order valence-electron chi connectivity index (χ2n) is 23.4. The van der Waals surface area contributed by atoms with E-state index in [1.165, 1.54) is 5.56 Å². The highest BCUT2D eigenvalue weighted by Crippen LogP contribution is 2.59. The summed E-state index contributed by atoms with van der Waals surface area (Å²) in [5.41, 5.74) is 28.2. The van der Waals surface area contributed by atoms with Gasteiger partial charge in [0.15, 0.2) is 0 Å². The van der Waals surface area contributed by atoms with Gasteiger partial charge < -0.3 is 33.2 Å². The molecule has 0 aliphatic heterocycles. The topological polar surface area (TPSA) is 217 Å². The fourth-order valence-corrected chi connectivity index (χ4v) is 10.4. The van der Waals surface area contributed by atoms with Crippen molar-refractivity contribution >= 4 is 35.4 Å². The van der Waals surface area contributed by atoms with Gasteiger partial charge in [0.25, 0.3) is 0 Å². The average Bonchev–Trinajstić information content (AvgIpc) is 3.29. The lowest BCUT2D eigenvalue weighted by molar-refractivity contribution is -0.129. The number of hydrogen-bond donors (Lipinski definition) is 6. The molecule has 6 amide bonds. The van der Waals surface area contributed by atoms with Crippen LogP contribution in [-0.2, 0) is 33.6 Å². The summed E-state index contributed by atoms with van der Waals surface area (Å²) in [4.78, 5) is 77.3.